The number of rotatable bonds is 7. The van der Waals surface area contributed by atoms with E-state index in [9.17, 15) is 0 Å². The summed E-state index contributed by atoms with van der Waals surface area (Å²) in [6.45, 7) is 8.42. The van der Waals surface area contributed by atoms with Crippen LogP contribution in [-0.4, -0.2) is 38.7 Å². The van der Waals surface area contributed by atoms with Gasteiger partial charge in [0.25, 0.3) is 0 Å². The highest BCUT2D eigenvalue weighted by molar-refractivity contribution is 7.99. The van der Waals surface area contributed by atoms with Gasteiger partial charge in [-0.3, -0.25) is 4.57 Å². The Kier molecular flexibility index (Phi) is 6.06. The molecule has 162 valence electrons. The van der Waals surface area contributed by atoms with Gasteiger partial charge in [-0.1, -0.05) is 65.9 Å². The smallest absolute Gasteiger partial charge is 0.191 e. The van der Waals surface area contributed by atoms with E-state index in [-0.39, 0.29) is 0 Å². The number of para-hydroxylation sites is 1. The molecule has 5 nitrogen and oxygen atoms in total. The van der Waals surface area contributed by atoms with Crippen LogP contribution in [0.25, 0.3) is 33.5 Å². The molecule has 4 aromatic rings. The summed E-state index contributed by atoms with van der Waals surface area (Å²) in [6.07, 6.45) is 3.02. The minimum Gasteiger partial charge on any atom is -0.381 e. The third-order valence-corrected chi connectivity index (χ3v) is 7.00. The molecule has 1 saturated heterocycles. The molecule has 0 saturated carbocycles. The number of aryl methyl sites for hydroxylation is 1. The van der Waals surface area contributed by atoms with Crippen molar-refractivity contribution >= 4 is 22.7 Å². The Labute approximate surface area is 192 Å². The Balaban J connectivity index is 1.60. The maximum absolute atomic E-state index is 5.53. The molecule has 6 heteroatoms. The van der Waals surface area contributed by atoms with Gasteiger partial charge in [0.2, 0.25) is 0 Å². The molecule has 0 N–H and O–H groups in total. The van der Waals surface area contributed by atoms with Crippen molar-refractivity contribution < 1.29 is 4.74 Å². The lowest BCUT2D eigenvalue weighted by Gasteiger charge is -2.12. The zero-order valence-electron chi connectivity index (χ0n) is 18.2. The molecule has 5 rings (SSSR count). The minimum absolute atomic E-state index is 0.576. The number of allylic oxidation sites excluding steroid dienone is 1. The van der Waals surface area contributed by atoms with Gasteiger partial charge in [-0.2, -0.15) is 0 Å². The summed E-state index contributed by atoms with van der Waals surface area (Å²) >= 11 is 1.75. The fraction of sp³-hybridized carbons (Fsp3) is 0.269. The van der Waals surface area contributed by atoms with E-state index in [0.29, 0.717) is 12.5 Å². The highest BCUT2D eigenvalue weighted by Crippen LogP contribution is 2.33. The molecule has 0 radical (unpaired) electrons. The molecule has 32 heavy (non-hydrogen) atoms. The van der Waals surface area contributed by atoms with Crippen molar-refractivity contribution in [2.75, 3.05) is 19.0 Å². The van der Waals surface area contributed by atoms with Crippen LogP contribution in [0.5, 0.6) is 0 Å². The lowest BCUT2D eigenvalue weighted by atomic mass is 10.0. The Bertz CT molecular complexity index is 1240. The fourth-order valence-corrected chi connectivity index (χ4v) is 5.09. The Morgan fingerprint density at radius 2 is 2.00 bits per heavy atom. The summed E-state index contributed by atoms with van der Waals surface area (Å²) in [7, 11) is 0. The van der Waals surface area contributed by atoms with E-state index >= 15 is 0 Å². The summed E-state index contributed by atoms with van der Waals surface area (Å²) in [5, 5.41) is 11.2. The first-order valence-corrected chi connectivity index (χ1v) is 11.9. The van der Waals surface area contributed by atoms with E-state index in [1.807, 2.05) is 18.2 Å². The van der Waals surface area contributed by atoms with E-state index < -0.39 is 0 Å². The maximum Gasteiger partial charge on any atom is 0.191 e. The van der Waals surface area contributed by atoms with Gasteiger partial charge in [0.1, 0.15) is 0 Å². The van der Waals surface area contributed by atoms with Crippen molar-refractivity contribution in [1.82, 2.24) is 19.7 Å². The SMILES string of the molecule is C=CCn1c(SCC2CCOC2)nnc1-c1cc(-c2ccc(C)cc2)nc2ccccc12. The quantitative estimate of drug-likeness (QED) is 0.268. The van der Waals surface area contributed by atoms with Gasteiger partial charge in [0, 0.05) is 35.4 Å². The first-order chi connectivity index (χ1) is 15.7. The maximum atomic E-state index is 5.53. The molecule has 1 fully saturated rings. The average molecular weight is 443 g/mol. The van der Waals surface area contributed by atoms with Crippen LogP contribution in [-0.2, 0) is 11.3 Å². The van der Waals surface area contributed by atoms with Crippen molar-refractivity contribution in [3.8, 4) is 22.6 Å². The van der Waals surface area contributed by atoms with E-state index in [0.717, 1.165) is 64.1 Å². The summed E-state index contributed by atoms with van der Waals surface area (Å²) < 4.78 is 7.69. The van der Waals surface area contributed by atoms with Gasteiger partial charge in [0.15, 0.2) is 11.0 Å². The van der Waals surface area contributed by atoms with Crippen LogP contribution in [0.1, 0.15) is 12.0 Å². The summed E-state index contributed by atoms with van der Waals surface area (Å²) in [5.74, 6) is 2.41. The van der Waals surface area contributed by atoms with Gasteiger partial charge in [0.05, 0.1) is 17.8 Å². The van der Waals surface area contributed by atoms with Crippen molar-refractivity contribution in [1.29, 1.82) is 0 Å². The average Bonchev–Trinajstić information content (AvgIpc) is 3.48. The fourth-order valence-electron chi connectivity index (χ4n) is 4.03. The number of fused-ring (bicyclic) bond motifs is 1. The van der Waals surface area contributed by atoms with Crippen LogP contribution in [0.2, 0.25) is 0 Å². The molecular formula is C26H26N4OS. The van der Waals surface area contributed by atoms with Crippen LogP contribution in [0.3, 0.4) is 0 Å². The summed E-state index contributed by atoms with van der Waals surface area (Å²) in [4.78, 5) is 4.94. The number of aromatic nitrogens is 4. The summed E-state index contributed by atoms with van der Waals surface area (Å²) in [6, 6.07) is 18.8. The van der Waals surface area contributed by atoms with Crippen LogP contribution >= 0.6 is 11.8 Å². The molecule has 1 aliphatic rings. The lowest BCUT2D eigenvalue weighted by molar-refractivity contribution is 0.189. The zero-order valence-corrected chi connectivity index (χ0v) is 19.0. The molecule has 2 aromatic carbocycles. The Morgan fingerprint density at radius 1 is 1.16 bits per heavy atom. The van der Waals surface area contributed by atoms with Crippen molar-refractivity contribution in [3.05, 3.63) is 72.8 Å². The van der Waals surface area contributed by atoms with Gasteiger partial charge in [-0.25, -0.2) is 4.98 Å². The van der Waals surface area contributed by atoms with E-state index in [2.05, 4.69) is 70.7 Å². The second kappa shape index (κ2) is 9.27. The molecule has 0 bridgehead atoms. The topological polar surface area (TPSA) is 52.8 Å². The van der Waals surface area contributed by atoms with E-state index in [4.69, 9.17) is 9.72 Å². The third kappa shape index (κ3) is 4.20. The van der Waals surface area contributed by atoms with Crippen LogP contribution in [0.15, 0.2) is 72.4 Å². The van der Waals surface area contributed by atoms with Gasteiger partial charge in [-0.15, -0.1) is 16.8 Å². The van der Waals surface area contributed by atoms with Crippen LogP contribution in [0.4, 0.5) is 0 Å². The number of thioether (sulfide) groups is 1. The number of hydrogen-bond acceptors (Lipinski definition) is 5. The Morgan fingerprint density at radius 3 is 2.78 bits per heavy atom. The minimum atomic E-state index is 0.576. The van der Waals surface area contributed by atoms with E-state index in [1.54, 1.807) is 11.8 Å². The molecule has 2 aromatic heterocycles. The molecule has 1 atom stereocenters. The Hall–Kier alpha value is -2.96. The first kappa shape index (κ1) is 20.9. The molecule has 0 aliphatic carbocycles. The third-order valence-electron chi connectivity index (χ3n) is 5.81. The van der Waals surface area contributed by atoms with Crippen LogP contribution in [0, 0.1) is 12.8 Å². The highest BCUT2D eigenvalue weighted by atomic mass is 32.2. The van der Waals surface area contributed by atoms with Crippen molar-refractivity contribution in [3.63, 3.8) is 0 Å². The predicted octanol–water partition coefficient (Wildman–Crippen LogP) is 5.78. The first-order valence-electron chi connectivity index (χ1n) is 10.9. The molecule has 1 unspecified atom stereocenters. The van der Waals surface area contributed by atoms with Crippen molar-refractivity contribution in [2.45, 2.75) is 25.0 Å². The number of hydrogen-bond donors (Lipinski definition) is 0. The second-order valence-corrected chi connectivity index (χ2v) is 9.17. The zero-order chi connectivity index (χ0) is 21.9. The number of ether oxygens (including phenoxy) is 1. The molecule has 3 heterocycles. The standard InChI is InChI=1S/C26H26N4OS/c1-3-13-30-25(28-29-26(30)32-17-19-12-14-31-16-19)22-15-24(20-10-8-18(2)9-11-20)27-23-7-5-4-6-21(22)23/h3-11,15,19H,1,12-14,16-17H2,2H3. The molecule has 0 spiro atoms. The summed E-state index contributed by atoms with van der Waals surface area (Å²) in [5.41, 5.74) is 5.25. The van der Waals surface area contributed by atoms with Gasteiger partial charge >= 0.3 is 0 Å². The largest absolute Gasteiger partial charge is 0.381 e. The van der Waals surface area contributed by atoms with Gasteiger partial charge < -0.3 is 4.74 Å². The predicted molar refractivity (Wildman–Crippen MR) is 131 cm³/mol. The van der Waals surface area contributed by atoms with Crippen LogP contribution < -0.4 is 0 Å². The normalized spacial score (nSPS) is 16.0. The molecule has 1 aliphatic heterocycles. The van der Waals surface area contributed by atoms with Crippen molar-refractivity contribution in [2.24, 2.45) is 5.92 Å². The number of benzene rings is 2. The number of nitrogens with zero attached hydrogens (tertiary/aromatic N) is 4. The molecule has 0 amide bonds. The molecular weight excluding hydrogens is 416 g/mol. The number of pyridine rings is 1. The monoisotopic (exact) mass is 442 g/mol. The lowest BCUT2D eigenvalue weighted by Crippen LogP contribution is -2.05. The van der Waals surface area contributed by atoms with Gasteiger partial charge in [-0.05, 0) is 31.4 Å². The second-order valence-electron chi connectivity index (χ2n) is 8.18. The highest BCUT2D eigenvalue weighted by Gasteiger charge is 2.21. The van der Waals surface area contributed by atoms with E-state index in [1.165, 1.54) is 5.56 Å².